The van der Waals surface area contributed by atoms with Gasteiger partial charge in [0.25, 0.3) is 5.78 Å². The van der Waals surface area contributed by atoms with Gasteiger partial charge in [0.2, 0.25) is 0 Å². The Labute approximate surface area is 121 Å². The van der Waals surface area contributed by atoms with E-state index < -0.39 is 0 Å². The first-order valence-electron chi connectivity index (χ1n) is 6.02. The normalized spacial score (nSPS) is 20.0. The van der Waals surface area contributed by atoms with Gasteiger partial charge in [0, 0.05) is 17.8 Å². The van der Waals surface area contributed by atoms with E-state index >= 15 is 0 Å². The van der Waals surface area contributed by atoms with Crippen LogP contribution in [0.3, 0.4) is 0 Å². The van der Waals surface area contributed by atoms with Gasteiger partial charge in [-0.15, -0.1) is 0 Å². The first-order valence-corrected chi connectivity index (χ1v) is 6.02. The molecular weight excluding hydrogens is 274 g/mol. The molecule has 0 aromatic rings. The molecule has 1 N–H and O–H groups in total. The summed E-state index contributed by atoms with van der Waals surface area (Å²) >= 11 is 0. The van der Waals surface area contributed by atoms with Gasteiger partial charge in [-0.25, -0.2) is 0 Å². The van der Waals surface area contributed by atoms with Crippen LogP contribution in [0.5, 0.6) is 0 Å². The van der Waals surface area contributed by atoms with Crippen molar-refractivity contribution in [2.24, 2.45) is 4.99 Å². The second-order valence-electron chi connectivity index (χ2n) is 4.16. The number of nitrogens with zero attached hydrogens (tertiary/aromatic N) is 1. The maximum Gasteiger partial charge on any atom is 0.261 e. The average molecular weight is 287 g/mol. The summed E-state index contributed by atoms with van der Waals surface area (Å²) in [6.07, 6.45) is 8.23. The number of Topliss-reactive ketones (excluding diaryl/α,β-unsaturated/α-hetero) is 1. The molecule has 0 unspecified atom stereocenters. The molecule has 2 aliphatic carbocycles. The van der Waals surface area contributed by atoms with E-state index in [1.54, 1.807) is 0 Å². The topological polar surface area (TPSA) is 85.2 Å². The van der Waals surface area contributed by atoms with Crippen molar-refractivity contribution >= 4 is 17.3 Å². The summed E-state index contributed by atoms with van der Waals surface area (Å²) in [6, 6.07) is 0. The van der Waals surface area contributed by atoms with Gasteiger partial charge in [-0.2, -0.15) is 0 Å². The third-order valence-electron chi connectivity index (χ3n) is 2.78. The molecule has 0 radical (unpaired) electrons. The van der Waals surface area contributed by atoms with Gasteiger partial charge in [0.15, 0.2) is 17.3 Å². The predicted octanol–water partition coefficient (Wildman–Crippen LogP) is 1.54. The maximum absolute atomic E-state index is 11.8. The largest absolute Gasteiger partial charge is 0.506 e. The Hall–Kier alpha value is -2.89. The highest BCUT2D eigenvalue weighted by Crippen LogP contribution is 2.20. The van der Waals surface area contributed by atoms with E-state index in [-0.39, 0.29) is 34.6 Å². The number of aliphatic hydroxyl groups is 1. The number of aliphatic hydroxyl groups excluding tert-OH is 1. The lowest BCUT2D eigenvalue weighted by Gasteiger charge is -2.13. The van der Waals surface area contributed by atoms with E-state index in [4.69, 9.17) is 9.47 Å². The van der Waals surface area contributed by atoms with Crippen LogP contribution >= 0.6 is 0 Å². The third kappa shape index (κ3) is 3.17. The molecule has 21 heavy (non-hydrogen) atoms. The zero-order valence-electron chi connectivity index (χ0n) is 11.5. The van der Waals surface area contributed by atoms with E-state index in [0.717, 1.165) is 6.08 Å². The van der Waals surface area contributed by atoms with Crippen molar-refractivity contribution in [3.05, 3.63) is 59.4 Å². The monoisotopic (exact) mass is 287 g/mol. The van der Waals surface area contributed by atoms with E-state index in [0.29, 0.717) is 5.57 Å². The first-order chi connectivity index (χ1) is 10.0. The molecule has 0 heterocycles. The molecule has 0 saturated carbocycles. The summed E-state index contributed by atoms with van der Waals surface area (Å²) in [5, 5.41) is 9.60. The average Bonchev–Trinajstić information content (AvgIpc) is 2.47. The highest BCUT2D eigenvalue weighted by Gasteiger charge is 2.21. The fourth-order valence-corrected chi connectivity index (χ4v) is 1.73. The fourth-order valence-electron chi connectivity index (χ4n) is 1.73. The van der Waals surface area contributed by atoms with E-state index in [1.165, 1.54) is 44.7 Å². The van der Waals surface area contributed by atoms with Crippen LogP contribution in [-0.4, -0.2) is 36.6 Å². The molecule has 6 nitrogen and oxygen atoms in total. The first kappa shape index (κ1) is 14.5. The second-order valence-corrected chi connectivity index (χ2v) is 4.16. The minimum Gasteiger partial charge on any atom is -0.506 e. The molecule has 108 valence electrons. The molecule has 0 saturated heterocycles. The number of hydrogen-bond acceptors (Lipinski definition) is 6. The highest BCUT2D eigenvalue weighted by atomic mass is 16.5. The zero-order chi connectivity index (χ0) is 15.4. The number of rotatable bonds is 3. The number of carbonyl (C=O) groups is 2. The second kappa shape index (κ2) is 6.04. The Balaban J connectivity index is 2.33. The third-order valence-corrected chi connectivity index (χ3v) is 2.78. The molecule has 0 spiro atoms. The molecule has 2 aliphatic rings. The molecule has 0 aromatic heterocycles. The molecule has 0 aromatic carbocycles. The SMILES string of the molecule is COC1=CC(=CN=C2C=CC(=O)C=C2O)C=C(OC)C1=O. The van der Waals surface area contributed by atoms with Gasteiger partial charge >= 0.3 is 0 Å². The Kier molecular flexibility index (Phi) is 4.18. The standard InChI is InChI=1S/C15H13NO5/c1-20-13-5-9(6-14(21-2)15(13)19)8-16-11-4-3-10(17)7-12(11)18/h3-8,18H,1-2H3. The summed E-state index contributed by atoms with van der Waals surface area (Å²) in [5.74, 6) is -0.593. The number of aliphatic imine (C=N–C) groups is 1. The maximum atomic E-state index is 11.8. The quantitative estimate of drug-likeness (QED) is 0.796. The Bertz CT molecular complexity index is 648. The Morgan fingerprint density at radius 2 is 1.67 bits per heavy atom. The summed E-state index contributed by atoms with van der Waals surface area (Å²) in [5.41, 5.74) is 0.813. The minimum atomic E-state index is -0.351. The van der Waals surface area contributed by atoms with Gasteiger partial charge in [0.1, 0.15) is 11.5 Å². The summed E-state index contributed by atoms with van der Waals surface area (Å²) < 4.78 is 9.95. The number of hydrogen-bond donors (Lipinski definition) is 1. The summed E-state index contributed by atoms with van der Waals surface area (Å²) in [7, 11) is 2.77. The lowest BCUT2D eigenvalue weighted by molar-refractivity contribution is -0.118. The van der Waals surface area contributed by atoms with Crippen molar-refractivity contribution in [2.75, 3.05) is 14.2 Å². The fraction of sp³-hybridized carbons (Fsp3) is 0.133. The molecule has 0 bridgehead atoms. The van der Waals surface area contributed by atoms with Crippen LogP contribution < -0.4 is 0 Å². The van der Waals surface area contributed by atoms with Crippen molar-refractivity contribution in [1.29, 1.82) is 0 Å². The van der Waals surface area contributed by atoms with Gasteiger partial charge in [-0.1, -0.05) is 0 Å². The zero-order valence-corrected chi connectivity index (χ0v) is 11.5. The van der Waals surface area contributed by atoms with Crippen LogP contribution in [0.15, 0.2) is 64.4 Å². The predicted molar refractivity (Wildman–Crippen MR) is 75.6 cm³/mol. The van der Waals surface area contributed by atoms with Crippen molar-refractivity contribution in [3.8, 4) is 0 Å². The number of ketones is 2. The number of methoxy groups -OCH3 is 2. The lowest BCUT2D eigenvalue weighted by Crippen LogP contribution is -2.13. The van der Waals surface area contributed by atoms with Gasteiger partial charge in [0.05, 0.1) is 14.2 Å². The molecule has 6 heteroatoms. The molecule has 2 rings (SSSR count). The molecule has 0 fully saturated rings. The lowest BCUT2D eigenvalue weighted by atomic mass is 10.1. The van der Waals surface area contributed by atoms with Crippen molar-refractivity contribution in [3.63, 3.8) is 0 Å². The van der Waals surface area contributed by atoms with E-state index in [1.807, 2.05) is 0 Å². The molecule has 0 atom stereocenters. The van der Waals surface area contributed by atoms with Crippen LogP contribution in [0.1, 0.15) is 0 Å². The van der Waals surface area contributed by atoms with Crippen molar-refractivity contribution in [2.45, 2.75) is 0 Å². The Morgan fingerprint density at radius 1 is 1.05 bits per heavy atom. The Morgan fingerprint density at radius 3 is 2.19 bits per heavy atom. The van der Waals surface area contributed by atoms with E-state index in [9.17, 15) is 14.7 Å². The smallest absolute Gasteiger partial charge is 0.261 e. The summed E-state index contributed by atoms with van der Waals surface area (Å²) in [4.78, 5) is 26.9. The summed E-state index contributed by atoms with van der Waals surface area (Å²) in [6.45, 7) is 0. The van der Waals surface area contributed by atoms with Crippen molar-refractivity contribution in [1.82, 2.24) is 0 Å². The highest BCUT2D eigenvalue weighted by molar-refractivity contribution is 6.18. The van der Waals surface area contributed by atoms with Crippen LogP contribution in [0.2, 0.25) is 0 Å². The molecule has 0 amide bonds. The van der Waals surface area contributed by atoms with Crippen LogP contribution in [0.25, 0.3) is 0 Å². The van der Waals surface area contributed by atoms with Gasteiger partial charge in [-0.3, -0.25) is 14.6 Å². The number of allylic oxidation sites excluding steroid dienone is 6. The number of carbonyl (C=O) groups excluding carboxylic acids is 2. The van der Waals surface area contributed by atoms with Crippen molar-refractivity contribution < 1.29 is 24.2 Å². The molecular formula is C15H13NO5. The van der Waals surface area contributed by atoms with Gasteiger partial charge in [-0.05, 0) is 24.3 Å². The minimum absolute atomic E-state index is 0.134. The van der Waals surface area contributed by atoms with Crippen LogP contribution in [-0.2, 0) is 19.1 Å². The van der Waals surface area contributed by atoms with Gasteiger partial charge < -0.3 is 14.6 Å². The van der Waals surface area contributed by atoms with Crippen LogP contribution in [0, 0.1) is 0 Å². The van der Waals surface area contributed by atoms with E-state index in [2.05, 4.69) is 4.99 Å². The number of ether oxygens (including phenoxy) is 2. The molecule has 0 aliphatic heterocycles. The van der Waals surface area contributed by atoms with Crippen LogP contribution in [0.4, 0.5) is 0 Å².